The summed E-state index contributed by atoms with van der Waals surface area (Å²) < 4.78 is 0. The third-order valence-corrected chi connectivity index (χ3v) is 2.49. The summed E-state index contributed by atoms with van der Waals surface area (Å²) in [4.78, 5) is 14.4. The normalized spacial score (nSPS) is 10.4. The maximum atomic E-state index is 10.0. The minimum atomic E-state index is -0.125. The summed E-state index contributed by atoms with van der Waals surface area (Å²) in [5, 5.41) is 8.36. The average Bonchev–Trinajstić information content (AvgIpc) is 2.49. The van der Waals surface area contributed by atoms with Gasteiger partial charge in [-0.25, -0.2) is 0 Å². The van der Waals surface area contributed by atoms with Crippen molar-refractivity contribution >= 4 is 12.0 Å². The van der Waals surface area contributed by atoms with Crippen molar-refractivity contribution in [1.29, 1.82) is 0 Å². The molecule has 2 aromatic carbocycles. The summed E-state index contributed by atoms with van der Waals surface area (Å²) in [5.41, 5.74) is 2.25. The van der Waals surface area contributed by atoms with Crippen LogP contribution in [-0.2, 0) is 31.4 Å². The van der Waals surface area contributed by atoms with Gasteiger partial charge in [-0.2, -0.15) is 0 Å². The Morgan fingerprint density at radius 3 is 2.26 bits per heavy atom. The molecule has 2 aromatic rings. The molecule has 0 heterocycles. The number of benzene rings is 2. The molecule has 0 amide bonds. The van der Waals surface area contributed by atoms with Crippen LogP contribution >= 0.6 is 0 Å². The molecule has 0 saturated heterocycles. The van der Waals surface area contributed by atoms with E-state index in [4.69, 9.17) is 5.11 Å². The van der Waals surface area contributed by atoms with Crippen molar-refractivity contribution in [1.82, 2.24) is 0 Å². The first-order valence-electron chi connectivity index (χ1n) is 6.96. The van der Waals surface area contributed by atoms with Gasteiger partial charge in [0.1, 0.15) is 0 Å². The van der Waals surface area contributed by atoms with Gasteiger partial charge in [-0.3, -0.25) is 4.79 Å². The van der Waals surface area contributed by atoms with Crippen LogP contribution in [0.4, 0.5) is 0 Å². The van der Waals surface area contributed by atoms with E-state index in [0.29, 0.717) is 0 Å². The van der Waals surface area contributed by atoms with Crippen molar-refractivity contribution in [3.8, 4) is 0 Å². The zero-order chi connectivity index (χ0) is 16.2. The summed E-state index contributed by atoms with van der Waals surface area (Å²) >= 11 is 0. The van der Waals surface area contributed by atoms with Crippen LogP contribution in [0.1, 0.15) is 25.0 Å². The smallest absolute Gasteiger partial charge is 0.155 e. The number of hydrogen-bond acceptors (Lipinski definition) is 3. The van der Waals surface area contributed by atoms with E-state index in [2.05, 4.69) is 23.2 Å². The summed E-state index contributed by atoms with van der Waals surface area (Å²) in [5.74, 6) is -0.0625. The molecule has 0 aliphatic heterocycles. The Balaban J connectivity index is 0.000000522. The van der Waals surface area contributed by atoms with E-state index in [1.54, 1.807) is 0 Å². The van der Waals surface area contributed by atoms with Crippen LogP contribution in [0.25, 0.3) is 0 Å². The van der Waals surface area contributed by atoms with Gasteiger partial charge in [-0.15, -0.1) is 35.9 Å². The predicted octanol–water partition coefficient (Wildman–Crippen LogP) is 4.14. The standard InChI is InChI=1S/C14H12N.C5H8O2.Ir/c1-3-7-13(8-4-1)11-15-12-14-9-5-2-6-10-14;1-4(6)3-5(2)7;/h1-9,12H,11H2;3,6H,1-2H3;/q-1;;/b;4-3-;. The Morgan fingerprint density at radius 2 is 1.78 bits per heavy atom. The van der Waals surface area contributed by atoms with E-state index in [1.807, 2.05) is 48.7 Å². The van der Waals surface area contributed by atoms with Crippen molar-refractivity contribution in [2.45, 2.75) is 20.4 Å². The number of allylic oxidation sites excluding steroid dienone is 2. The molecule has 1 radical (unpaired) electrons. The monoisotopic (exact) mass is 487 g/mol. The maximum Gasteiger partial charge on any atom is 0.155 e. The molecular formula is C19H20IrNO2-. The first-order chi connectivity index (χ1) is 10.6. The minimum absolute atomic E-state index is 0. The second-order valence-electron chi connectivity index (χ2n) is 4.67. The summed E-state index contributed by atoms with van der Waals surface area (Å²) in [6.45, 7) is 3.57. The first-order valence-corrected chi connectivity index (χ1v) is 6.96. The van der Waals surface area contributed by atoms with Gasteiger partial charge in [-0.05, 0) is 19.4 Å². The van der Waals surface area contributed by atoms with Crippen LogP contribution < -0.4 is 0 Å². The molecular weight excluding hydrogens is 466 g/mol. The van der Waals surface area contributed by atoms with Gasteiger partial charge in [0.15, 0.2) is 5.78 Å². The Kier molecular flexibility index (Phi) is 11.4. The summed E-state index contributed by atoms with van der Waals surface area (Å²) in [6, 6.07) is 21.1. The van der Waals surface area contributed by atoms with E-state index in [0.717, 1.165) is 12.1 Å². The number of aliphatic hydroxyl groups is 1. The molecule has 1 N–H and O–H groups in total. The van der Waals surface area contributed by atoms with Crippen LogP contribution in [0, 0.1) is 6.07 Å². The number of hydrogen-bond donors (Lipinski definition) is 1. The molecule has 0 aliphatic carbocycles. The molecule has 0 bridgehead atoms. The van der Waals surface area contributed by atoms with Crippen LogP contribution in [0.5, 0.6) is 0 Å². The zero-order valence-corrected chi connectivity index (χ0v) is 15.6. The van der Waals surface area contributed by atoms with E-state index in [1.165, 1.54) is 25.5 Å². The second-order valence-corrected chi connectivity index (χ2v) is 4.67. The fourth-order valence-electron chi connectivity index (χ4n) is 1.61. The van der Waals surface area contributed by atoms with E-state index >= 15 is 0 Å². The summed E-state index contributed by atoms with van der Waals surface area (Å²) in [7, 11) is 0. The van der Waals surface area contributed by atoms with Gasteiger partial charge in [0, 0.05) is 26.2 Å². The molecule has 4 heteroatoms. The number of aliphatic hydroxyl groups excluding tert-OH is 1. The number of aliphatic imine (C=N–C) groups is 1. The van der Waals surface area contributed by atoms with Crippen molar-refractivity contribution in [2.24, 2.45) is 4.99 Å². The quantitative estimate of drug-likeness (QED) is 0.306. The number of rotatable bonds is 4. The molecule has 0 aliphatic rings. The SMILES string of the molecule is CC(=O)/C=C(/C)O.[Ir].[c-]1ccccc1C=NCc1ccccc1. The second kappa shape index (κ2) is 12.5. The van der Waals surface area contributed by atoms with E-state index < -0.39 is 0 Å². The molecule has 23 heavy (non-hydrogen) atoms. The average molecular weight is 487 g/mol. The molecule has 0 saturated carbocycles. The van der Waals surface area contributed by atoms with Gasteiger partial charge in [0.05, 0.1) is 12.3 Å². The molecule has 123 valence electrons. The van der Waals surface area contributed by atoms with Gasteiger partial charge in [0.25, 0.3) is 0 Å². The largest absolute Gasteiger partial charge is 0.512 e. The van der Waals surface area contributed by atoms with Crippen LogP contribution in [0.2, 0.25) is 0 Å². The third-order valence-electron chi connectivity index (χ3n) is 2.49. The molecule has 0 unspecified atom stereocenters. The fraction of sp³-hybridized carbons (Fsp3) is 0.158. The van der Waals surface area contributed by atoms with E-state index in [9.17, 15) is 4.79 Å². The molecule has 0 atom stereocenters. The zero-order valence-electron chi connectivity index (χ0n) is 13.2. The van der Waals surface area contributed by atoms with Crippen molar-refractivity contribution in [3.63, 3.8) is 0 Å². The van der Waals surface area contributed by atoms with Crippen LogP contribution in [0.3, 0.4) is 0 Å². The number of carbonyl (C=O) groups excluding carboxylic acids is 1. The molecule has 0 aromatic heterocycles. The number of nitrogens with zero attached hydrogens (tertiary/aromatic N) is 1. The van der Waals surface area contributed by atoms with Gasteiger partial charge >= 0.3 is 0 Å². The van der Waals surface area contributed by atoms with Gasteiger partial charge in [0.2, 0.25) is 0 Å². The molecule has 0 fully saturated rings. The number of carbonyl (C=O) groups is 1. The van der Waals surface area contributed by atoms with Gasteiger partial charge < -0.3 is 10.1 Å². The van der Waals surface area contributed by atoms with Crippen LogP contribution in [0.15, 0.2) is 71.4 Å². The van der Waals surface area contributed by atoms with Gasteiger partial charge in [-0.1, -0.05) is 36.5 Å². The Hall–Kier alpha value is -2.03. The predicted molar refractivity (Wildman–Crippen MR) is 90.1 cm³/mol. The third kappa shape index (κ3) is 11.2. The van der Waals surface area contributed by atoms with E-state index in [-0.39, 0.29) is 31.6 Å². The van der Waals surface area contributed by atoms with Crippen LogP contribution in [-0.4, -0.2) is 17.1 Å². The topological polar surface area (TPSA) is 49.7 Å². The Bertz CT molecular complexity index is 618. The molecule has 2 rings (SSSR count). The molecule has 3 nitrogen and oxygen atoms in total. The van der Waals surface area contributed by atoms with Crippen molar-refractivity contribution < 1.29 is 30.0 Å². The minimum Gasteiger partial charge on any atom is -0.512 e. The summed E-state index contributed by atoms with van der Waals surface area (Å²) in [6.07, 6.45) is 3.02. The maximum absolute atomic E-state index is 10.0. The Labute approximate surface area is 151 Å². The first kappa shape index (κ1) is 21.0. The molecule has 0 spiro atoms. The fourth-order valence-corrected chi connectivity index (χ4v) is 1.61. The van der Waals surface area contributed by atoms with Crippen molar-refractivity contribution in [2.75, 3.05) is 0 Å². The number of ketones is 1. The Morgan fingerprint density at radius 1 is 1.13 bits per heavy atom. The van der Waals surface area contributed by atoms with Crippen molar-refractivity contribution in [3.05, 3.63) is 83.6 Å².